The van der Waals surface area contributed by atoms with Crippen LogP contribution in [0.5, 0.6) is 0 Å². The standard InChI is InChI=1S/C29H31F2N5OS/c1-34-8-10-36(11-9-34)22-5-2-4-21(18-22)32-29-33-27-7-3-6-23(28(27)37-29)20-16-25(30)24(26(31)17-20)19-35-12-14-38-15-13-35/h2-7,16-18H,8-15,19H2,1H3,(H,32,33). The average molecular weight is 536 g/mol. The molecule has 0 atom stereocenters. The molecule has 0 unspecified atom stereocenters. The molecule has 1 aromatic heterocycles. The predicted octanol–water partition coefficient (Wildman–Crippen LogP) is 5.82. The lowest BCUT2D eigenvalue weighted by atomic mass is 10.0. The summed E-state index contributed by atoms with van der Waals surface area (Å²) in [7, 11) is 2.14. The normalized spacial score (nSPS) is 17.3. The summed E-state index contributed by atoms with van der Waals surface area (Å²) < 4.78 is 36.3. The Labute approximate surface area is 225 Å². The molecule has 6 rings (SSSR count). The minimum atomic E-state index is -0.534. The first kappa shape index (κ1) is 25.2. The van der Waals surface area contributed by atoms with Gasteiger partial charge in [0.05, 0.1) is 0 Å². The van der Waals surface area contributed by atoms with Crippen LogP contribution in [0, 0.1) is 11.6 Å². The Morgan fingerprint density at radius 1 is 0.921 bits per heavy atom. The number of nitrogens with zero attached hydrogens (tertiary/aromatic N) is 4. The van der Waals surface area contributed by atoms with Gasteiger partial charge in [0, 0.05) is 79.8 Å². The maximum absolute atomic E-state index is 15.1. The topological polar surface area (TPSA) is 47.8 Å². The van der Waals surface area contributed by atoms with Gasteiger partial charge in [-0.2, -0.15) is 16.7 Å². The van der Waals surface area contributed by atoms with Crippen molar-refractivity contribution in [3.8, 4) is 11.1 Å². The van der Waals surface area contributed by atoms with Crippen molar-refractivity contribution in [2.24, 2.45) is 0 Å². The third-order valence-corrected chi connectivity index (χ3v) is 8.26. The van der Waals surface area contributed by atoms with Gasteiger partial charge in [0.25, 0.3) is 6.01 Å². The largest absolute Gasteiger partial charge is 0.423 e. The van der Waals surface area contributed by atoms with Crippen molar-refractivity contribution in [3.05, 3.63) is 71.8 Å². The maximum atomic E-state index is 15.1. The van der Waals surface area contributed by atoms with Gasteiger partial charge in [-0.1, -0.05) is 18.2 Å². The Morgan fingerprint density at radius 3 is 2.42 bits per heavy atom. The quantitative estimate of drug-likeness (QED) is 0.334. The van der Waals surface area contributed by atoms with Crippen molar-refractivity contribution < 1.29 is 13.2 Å². The van der Waals surface area contributed by atoms with E-state index >= 15 is 8.78 Å². The molecule has 0 saturated carbocycles. The van der Waals surface area contributed by atoms with E-state index in [4.69, 9.17) is 4.42 Å². The number of hydrogen-bond acceptors (Lipinski definition) is 7. The van der Waals surface area contributed by atoms with Crippen LogP contribution in [0.3, 0.4) is 0 Å². The van der Waals surface area contributed by atoms with E-state index < -0.39 is 11.6 Å². The van der Waals surface area contributed by atoms with Crippen molar-refractivity contribution in [3.63, 3.8) is 0 Å². The Balaban J connectivity index is 1.25. The molecular weight excluding hydrogens is 504 g/mol. The summed E-state index contributed by atoms with van der Waals surface area (Å²) in [6.45, 7) is 6.00. The second-order valence-electron chi connectivity index (χ2n) is 9.95. The number of nitrogens with one attached hydrogen (secondary N) is 1. The summed E-state index contributed by atoms with van der Waals surface area (Å²) in [5.41, 5.74) is 4.28. The number of hydrogen-bond donors (Lipinski definition) is 1. The van der Waals surface area contributed by atoms with Gasteiger partial charge in [0.2, 0.25) is 0 Å². The number of thioether (sulfide) groups is 1. The number of halogens is 2. The molecule has 3 heterocycles. The number of para-hydroxylation sites is 1. The van der Waals surface area contributed by atoms with E-state index in [9.17, 15) is 0 Å². The van der Waals surface area contributed by atoms with Gasteiger partial charge in [0.1, 0.15) is 17.2 Å². The van der Waals surface area contributed by atoms with Crippen LogP contribution >= 0.6 is 11.8 Å². The van der Waals surface area contributed by atoms with E-state index in [1.54, 1.807) is 6.07 Å². The first-order valence-electron chi connectivity index (χ1n) is 13.0. The molecule has 2 aliphatic heterocycles. The summed E-state index contributed by atoms with van der Waals surface area (Å²) in [5, 5.41) is 3.27. The van der Waals surface area contributed by atoms with E-state index in [0.29, 0.717) is 28.2 Å². The average Bonchev–Trinajstić information content (AvgIpc) is 3.34. The molecule has 0 spiro atoms. The Hall–Kier alpha value is -3.14. The van der Waals surface area contributed by atoms with Crippen LogP contribution in [-0.4, -0.2) is 72.6 Å². The van der Waals surface area contributed by atoms with Gasteiger partial charge in [0.15, 0.2) is 5.58 Å². The van der Waals surface area contributed by atoms with Crippen LogP contribution in [0.25, 0.3) is 22.2 Å². The van der Waals surface area contributed by atoms with Crippen molar-refractivity contribution in [2.45, 2.75) is 6.54 Å². The van der Waals surface area contributed by atoms with Gasteiger partial charge in [-0.25, -0.2) is 8.78 Å². The summed E-state index contributed by atoms with van der Waals surface area (Å²) in [5.74, 6) is 0.916. The number of fused-ring (bicyclic) bond motifs is 1. The SMILES string of the molecule is CN1CCN(c2cccc(Nc3nc4cccc(-c5cc(F)c(CN6CCSCC6)c(F)c5)c4o3)c2)CC1. The Kier molecular flexibility index (Phi) is 7.23. The van der Waals surface area contributed by atoms with Crippen LogP contribution in [-0.2, 0) is 6.54 Å². The molecule has 38 heavy (non-hydrogen) atoms. The number of rotatable bonds is 6. The second-order valence-corrected chi connectivity index (χ2v) is 11.2. The third kappa shape index (κ3) is 5.36. The van der Waals surface area contributed by atoms with Crippen molar-refractivity contribution in [1.82, 2.24) is 14.8 Å². The monoisotopic (exact) mass is 535 g/mol. The van der Waals surface area contributed by atoms with Gasteiger partial charge in [-0.05, 0) is 49.0 Å². The summed E-state index contributed by atoms with van der Waals surface area (Å²) in [4.78, 5) is 11.4. The van der Waals surface area contributed by atoms with E-state index in [-0.39, 0.29) is 12.1 Å². The second kappa shape index (κ2) is 10.9. The highest BCUT2D eigenvalue weighted by molar-refractivity contribution is 7.99. The van der Waals surface area contributed by atoms with Crippen molar-refractivity contribution in [1.29, 1.82) is 0 Å². The number of aromatic nitrogens is 1. The zero-order chi connectivity index (χ0) is 26.1. The van der Waals surface area contributed by atoms with E-state index in [1.165, 1.54) is 12.1 Å². The lowest BCUT2D eigenvalue weighted by Crippen LogP contribution is -2.44. The molecule has 0 aliphatic carbocycles. The minimum Gasteiger partial charge on any atom is -0.423 e. The first-order chi connectivity index (χ1) is 18.5. The number of benzene rings is 3. The summed E-state index contributed by atoms with van der Waals surface area (Å²) >= 11 is 1.87. The lowest BCUT2D eigenvalue weighted by Gasteiger charge is -2.34. The number of piperazine rings is 1. The van der Waals surface area contributed by atoms with Crippen molar-refractivity contribution in [2.75, 3.05) is 68.0 Å². The summed E-state index contributed by atoms with van der Waals surface area (Å²) in [6, 6.07) is 16.8. The van der Waals surface area contributed by atoms with Gasteiger partial charge < -0.3 is 19.5 Å². The highest BCUT2D eigenvalue weighted by Crippen LogP contribution is 2.34. The number of likely N-dealkylation sites (N-methyl/N-ethyl adjacent to an activating group) is 1. The molecule has 6 nitrogen and oxygen atoms in total. The van der Waals surface area contributed by atoms with Crippen LogP contribution in [0.4, 0.5) is 26.2 Å². The molecule has 3 aromatic carbocycles. The molecule has 0 amide bonds. The Morgan fingerprint density at radius 2 is 1.66 bits per heavy atom. The molecule has 2 saturated heterocycles. The minimum absolute atomic E-state index is 0.119. The molecule has 4 aromatic rings. The van der Waals surface area contributed by atoms with Crippen LogP contribution in [0.1, 0.15) is 5.56 Å². The van der Waals surface area contributed by atoms with Crippen LogP contribution < -0.4 is 10.2 Å². The Bertz CT molecular complexity index is 1410. The lowest BCUT2D eigenvalue weighted by molar-refractivity contribution is 0.284. The van der Waals surface area contributed by atoms with Gasteiger partial charge >= 0.3 is 0 Å². The molecule has 2 fully saturated rings. The zero-order valence-electron chi connectivity index (χ0n) is 21.4. The third-order valence-electron chi connectivity index (χ3n) is 7.32. The molecular formula is C29H31F2N5OS. The molecule has 198 valence electrons. The van der Waals surface area contributed by atoms with E-state index in [2.05, 4.69) is 44.2 Å². The highest BCUT2D eigenvalue weighted by Gasteiger charge is 2.20. The molecule has 1 N–H and O–H groups in total. The number of oxazole rings is 1. The fourth-order valence-corrected chi connectivity index (χ4v) is 6.07. The van der Waals surface area contributed by atoms with Crippen molar-refractivity contribution >= 4 is 40.3 Å². The molecule has 2 aliphatic rings. The van der Waals surface area contributed by atoms with Gasteiger partial charge in [-0.15, -0.1) is 0 Å². The maximum Gasteiger partial charge on any atom is 0.300 e. The molecule has 9 heteroatoms. The molecule has 0 radical (unpaired) electrons. The fraction of sp³-hybridized carbons (Fsp3) is 0.345. The molecule has 0 bridgehead atoms. The van der Waals surface area contributed by atoms with E-state index in [0.717, 1.165) is 62.1 Å². The summed E-state index contributed by atoms with van der Waals surface area (Å²) in [6.07, 6.45) is 0. The zero-order valence-corrected chi connectivity index (χ0v) is 22.2. The predicted molar refractivity (Wildman–Crippen MR) is 151 cm³/mol. The van der Waals surface area contributed by atoms with Crippen LogP contribution in [0.2, 0.25) is 0 Å². The van der Waals surface area contributed by atoms with Crippen LogP contribution in [0.15, 0.2) is 59.0 Å². The van der Waals surface area contributed by atoms with Gasteiger partial charge in [-0.3, -0.25) is 4.90 Å². The first-order valence-corrected chi connectivity index (χ1v) is 14.2. The van der Waals surface area contributed by atoms with E-state index in [1.807, 2.05) is 36.0 Å². The fourth-order valence-electron chi connectivity index (χ4n) is 5.09. The smallest absolute Gasteiger partial charge is 0.300 e. The highest BCUT2D eigenvalue weighted by atomic mass is 32.2. The number of anilines is 3.